The average molecular weight is 374 g/mol. The van der Waals surface area contributed by atoms with Crippen molar-refractivity contribution in [1.29, 1.82) is 0 Å². The van der Waals surface area contributed by atoms with E-state index in [4.69, 9.17) is 4.52 Å². The minimum Gasteiger partial charge on any atom is -0.435 e. The van der Waals surface area contributed by atoms with E-state index in [1.165, 1.54) is 12.1 Å². The maximum Gasteiger partial charge on any atom is 0.387 e. The highest BCUT2D eigenvalue weighted by Crippen LogP contribution is 2.30. The third kappa shape index (κ3) is 5.01. The van der Waals surface area contributed by atoms with Crippen LogP contribution in [0.15, 0.2) is 53.1 Å². The molecule has 2 aromatic carbocycles. The van der Waals surface area contributed by atoms with Gasteiger partial charge in [-0.3, -0.25) is 0 Å². The molecule has 1 unspecified atom stereocenters. The fourth-order valence-electron chi connectivity index (χ4n) is 2.48. The van der Waals surface area contributed by atoms with Crippen molar-refractivity contribution in [3.63, 3.8) is 0 Å². The Balaban J connectivity index is 1.78. The van der Waals surface area contributed by atoms with Crippen molar-refractivity contribution >= 4 is 11.4 Å². The van der Waals surface area contributed by atoms with E-state index in [9.17, 15) is 8.78 Å². The zero-order valence-corrected chi connectivity index (χ0v) is 14.9. The van der Waals surface area contributed by atoms with Gasteiger partial charge in [0.2, 0.25) is 0 Å². The van der Waals surface area contributed by atoms with Gasteiger partial charge in [-0.05, 0) is 50.4 Å². The molecule has 0 aliphatic heterocycles. The van der Waals surface area contributed by atoms with Crippen molar-refractivity contribution in [2.45, 2.75) is 26.0 Å². The van der Waals surface area contributed by atoms with Crippen LogP contribution in [0, 0.1) is 0 Å². The Kier molecular flexibility index (Phi) is 5.97. The Morgan fingerprint density at radius 1 is 1.11 bits per heavy atom. The third-order valence-corrected chi connectivity index (χ3v) is 3.97. The van der Waals surface area contributed by atoms with Gasteiger partial charge in [0.1, 0.15) is 5.75 Å². The molecule has 6 nitrogen and oxygen atoms in total. The third-order valence-electron chi connectivity index (χ3n) is 3.97. The van der Waals surface area contributed by atoms with Crippen LogP contribution in [0.3, 0.4) is 0 Å². The van der Waals surface area contributed by atoms with Crippen LogP contribution in [0.4, 0.5) is 20.2 Å². The highest BCUT2D eigenvalue weighted by atomic mass is 19.3. The smallest absolute Gasteiger partial charge is 0.387 e. The van der Waals surface area contributed by atoms with E-state index in [-0.39, 0.29) is 11.8 Å². The van der Waals surface area contributed by atoms with Crippen LogP contribution >= 0.6 is 0 Å². The first-order chi connectivity index (χ1) is 13.0. The summed E-state index contributed by atoms with van der Waals surface area (Å²) in [6, 6.07) is 14.0. The molecule has 0 bridgehead atoms. The first kappa shape index (κ1) is 18.8. The van der Waals surface area contributed by atoms with E-state index in [1.54, 1.807) is 12.1 Å². The molecular formula is C19H20F2N4O2. The maximum atomic E-state index is 12.2. The summed E-state index contributed by atoms with van der Waals surface area (Å²) in [5.41, 5.74) is 2.23. The number of para-hydroxylation sites is 1. The summed E-state index contributed by atoms with van der Waals surface area (Å²) < 4.78 is 34.3. The fraction of sp³-hybridized carbons (Fsp3) is 0.263. The van der Waals surface area contributed by atoms with E-state index in [2.05, 4.69) is 25.5 Å². The fourth-order valence-corrected chi connectivity index (χ4v) is 2.48. The number of hydrogen-bond acceptors (Lipinski definition) is 6. The summed E-state index contributed by atoms with van der Waals surface area (Å²) in [7, 11) is 1.88. The standard InChI is InChI=1S/C19H20F2N4O2/c1-12(22-2)11-17-24-18(27-25-17)15-5-3-4-6-16(15)23-13-7-9-14(10-8-13)26-19(20)21/h3-10,12,19,22-23H,11H2,1-2H3. The molecular weight excluding hydrogens is 354 g/mol. The quantitative estimate of drug-likeness (QED) is 0.615. The highest BCUT2D eigenvalue weighted by molar-refractivity contribution is 5.76. The molecule has 8 heteroatoms. The first-order valence-electron chi connectivity index (χ1n) is 8.46. The molecule has 0 aliphatic carbocycles. The predicted molar refractivity (Wildman–Crippen MR) is 98.3 cm³/mol. The Morgan fingerprint density at radius 2 is 1.85 bits per heavy atom. The molecule has 1 aromatic heterocycles. The van der Waals surface area contributed by atoms with Gasteiger partial charge in [-0.1, -0.05) is 17.3 Å². The van der Waals surface area contributed by atoms with Gasteiger partial charge in [-0.15, -0.1) is 0 Å². The number of nitrogens with zero attached hydrogens (tertiary/aromatic N) is 2. The number of alkyl halides is 2. The minimum absolute atomic E-state index is 0.101. The molecule has 3 rings (SSSR count). The summed E-state index contributed by atoms with van der Waals surface area (Å²) in [6.45, 7) is -0.811. The van der Waals surface area contributed by atoms with E-state index < -0.39 is 6.61 Å². The minimum atomic E-state index is -2.85. The molecule has 1 heterocycles. The van der Waals surface area contributed by atoms with Gasteiger partial charge in [-0.2, -0.15) is 13.8 Å². The van der Waals surface area contributed by atoms with E-state index >= 15 is 0 Å². The summed E-state index contributed by atoms with van der Waals surface area (Å²) in [6.07, 6.45) is 0.654. The van der Waals surface area contributed by atoms with E-state index in [0.717, 1.165) is 11.3 Å². The Hall–Kier alpha value is -3.00. The zero-order chi connectivity index (χ0) is 19.2. The molecule has 0 amide bonds. The highest BCUT2D eigenvalue weighted by Gasteiger charge is 2.14. The topological polar surface area (TPSA) is 72.2 Å². The van der Waals surface area contributed by atoms with Crippen molar-refractivity contribution < 1.29 is 18.0 Å². The van der Waals surface area contributed by atoms with Gasteiger partial charge in [0.15, 0.2) is 5.82 Å². The number of rotatable bonds is 8. The van der Waals surface area contributed by atoms with Gasteiger partial charge >= 0.3 is 6.61 Å². The van der Waals surface area contributed by atoms with Gasteiger partial charge in [0.25, 0.3) is 5.89 Å². The molecule has 3 aromatic rings. The average Bonchev–Trinajstić information content (AvgIpc) is 3.11. The summed E-state index contributed by atoms with van der Waals surface area (Å²) in [4.78, 5) is 4.46. The number of halogens is 2. The summed E-state index contributed by atoms with van der Waals surface area (Å²) >= 11 is 0. The summed E-state index contributed by atoms with van der Waals surface area (Å²) in [5.74, 6) is 1.13. The number of likely N-dealkylation sites (N-methyl/N-ethyl adjacent to an activating group) is 1. The zero-order valence-electron chi connectivity index (χ0n) is 14.9. The summed E-state index contributed by atoms with van der Waals surface area (Å²) in [5, 5.41) is 10.4. The van der Waals surface area contributed by atoms with Crippen molar-refractivity contribution in [2.75, 3.05) is 12.4 Å². The molecule has 142 valence electrons. The second-order valence-corrected chi connectivity index (χ2v) is 5.98. The first-order valence-corrected chi connectivity index (χ1v) is 8.46. The lowest BCUT2D eigenvalue weighted by Crippen LogP contribution is -2.24. The molecule has 1 atom stereocenters. The Morgan fingerprint density at radius 3 is 2.56 bits per heavy atom. The molecule has 2 N–H and O–H groups in total. The van der Waals surface area contributed by atoms with Crippen LogP contribution in [0.2, 0.25) is 0 Å². The van der Waals surface area contributed by atoms with E-state index in [1.807, 2.05) is 38.2 Å². The van der Waals surface area contributed by atoms with Gasteiger partial charge in [-0.25, -0.2) is 0 Å². The molecule has 0 radical (unpaired) electrons. The van der Waals surface area contributed by atoms with E-state index in [0.29, 0.717) is 23.8 Å². The van der Waals surface area contributed by atoms with Crippen LogP contribution in [-0.4, -0.2) is 29.8 Å². The van der Waals surface area contributed by atoms with Crippen molar-refractivity contribution in [1.82, 2.24) is 15.5 Å². The van der Waals surface area contributed by atoms with Gasteiger partial charge in [0.05, 0.1) is 11.3 Å². The lowest BCUT2D eigenvalue weighted by Gasteiger charge is -2.10. The number of ether oxygens (including phenoxy) is 1. The molecule has 0 saturated heterocycles. The molecule has 0 saturated carbocycles. The molecule has 0 fully saturated rings. The molecule has 0 spiro atoms. The normalized spacial score (nSPS) is 12.2. The number of anilines is 2. The van der Waals surface area contributed by atoms with Crippen molar-refractivity contribution in [2.24, 2.45) is 0 Å². The Labute approximate surface area is 155 Å². The van der Waals surface area contributed by atoms with Gasteiger partial charge < -0.3 is 19.9 Å². The van der Waals surface area contributed by atoms with Crippen LogP contribution < -0.4 is 15.4 Å². The monoisotopic (exact) mass is 374 g/mol. The van der Waals surface area contributed by atoms with Crippen LogP contribution in [0.1, 0.15) is 12.7 Å². The second kappa shape index (κ2) is 8.59. The molecule has 27 heavy (non-hydrogen) atoms. The number of benzene rings is 2. The van der Waals surface area contributed by atoms with Crippen molar-refractivity contribution in [3.8, 4) is 17.2 Å². The lowest BCUT2D eigenvalue weighted by atomic mass is 10.1. The molecule has 0 aliphatic rings. The van der Waals surface area contributed by atoms with Crippen LogP contribution in [0.25, 0.3) is 11.5 Å². The SMILES string of the molecule is CNC(C)Cc1noc(-c2ccccc2Nc2ccc(OC(F)F)cc2)n1. The second-order valence-electron chi connectivity index (χ2n) is 5.98. The Bertz CT molecular complexity index is 868. The van der Waals surface area contributed by atoms with Crippen LogP contribution in [-0.2, 0) is 6.42 Å². The number of hydrogen-bond donors (Lipinski definition) is 2. The maximum absolute atomic E-state index is 12.2. The number of aromatic nitrogens is 2. The predicted octanol–water partition coefficient (Wildman–Crippen LogP) is 4.23. The van der Waals surface area contributed by atoms with Crippen LogP contribution in [0.5, 0.6) is 5.75 Å². The van der Waals surface area contributed by atoms with Gasteiger partial charge in [0, 0.05) is 18.2 Å². The largest absolute Gasteiger partial charge is 0.435 e. The van der Waals surface area contributed by atoms with Crippen molar-refractivity contribution in [3.05, 3.63) is 54.4 Å². The number of nitrogens with one attached hydrogen (secondary N) is 2. The lowest BCUT2D eigenvalue weighted by molar-refractivity contribution is -0.0498.